The standard InChI is InChI=1S/C14H21FN2O2/c1-10(14(18)16(2)3)17(4)9-11-7-6-8-12(19-5)13(11)15/h6-8,10H,9H2,1-5H3/t10-/m1/s1. The Hall–Kier alpha value is -1.62. The highest BCUT2D eigenvalue weighted by atomic mass is 19.1. The monoisotopic (exact) mass is 268 g/mol. The molecule has 4 nitrogen and oxygen atoms in total. The Morgan fingerprint density at radius 2 is 2.00 bits per heavy atom. The molecule has 0 aromatic heterocycles. The molecule has 0 fully saturated rings. The number of ether oxygens (including phenoxy) is 1. The summed E-state index contributed by atoms with van der Waals surface area (Å²) in [7, 11) is 6.65. The molecular weight excluding hydrogens is 247 g/mol. The highest BCUT2D eigenvalue weighted by Crippen LogP contribution is 2.21. The molecule has 0 unspecified atom stereocenters. The second-order valence-electron chi connectivity index (χ2n) is 4.76. The van der Waals surface area contributed by atoms with Crippen LogP contribution in [0.25, 0.3) is 0 Å². The minimum Gasteiger partial charge on any atom is -0.494 e. The van der Waals surface area contributed by atoms with Gasteiger partial charge >= 0.3 is 0 Å². The van der Waals surface area contributed by atoms with Crippen molar-refractivity contribution in [3.63, 3.8) is 0 Å². The molecule has 19 heavy (non-hydrogen) atoms. The molecule has 1 aromatic carbocycles. The van der Waals surface area contributed by atoms with Crippen molar-refractivity contribution in [1.29, 1.82) is 0 Å². The van der Waals surface area contributed by atoms with Gasteiger partial charge in [0.15, 0.2) is 11.6 Å². The van der Waals surface area contributed by atoms with E-state index in [-0.39, 0.29) is 23.5 Å². The molecule has 0 bridgehead atoms. The fourth-order valence-electron chi connectivity index (χ4n) is 1.80. The Kier molecular flexibility index (Phi) is 5.30. The molecule has 0 saturated heterocycles. The van der Waals surface area contributed by atoms with Crippen LogP contribution in [-0.4, -0.2) is 50.0 Å². The lowest BCUT2D eigenvalue weighted by atomic mass is 10.1. The molecule has 0 aliphatic carbocycles. The van der Waals surface area contributed by atoms with Crippen molar-refractivity contribution in [3.8, 4) is 5.75 Å². The maximum Gasteiger partial charge on any atom is 0.239 e. The Labute approximate surface area is 113 Å². The van der Waals surface area contributed by atoms with Crippen LogP contribution < -0.4 is 4.74 Å². The van der Waals surface area contributed by atoms with Gasteiger partial charge in [-0.1, -0.05) is 12.1 Å². The van der Waals surface area contributed by atoms with Crippen molar-refractivity contribution in [3.05, 3.63) is 29.6 Å². The Balaban J connectivity index is 2.82. The lowest BCUT2D eigenvalue weighted by molar-refractivity contribution is -0.133. The lowest BCUT2D eigenvalue weighted by Crippen LogP contribution is -2.42. The zero-order valence-corrected chi connectivity index (χ0v) is 12.1. The first kappa shape index (κ1) is 15.4. The number of rotatable bonds is 5. The van der Waals surface area contributed by atoms with E-state index in [1.54, 1.807) is 51.2 Å². The summed E-state index contributed by atoms with van der Waals surface area (Å²) in [5.41, 5.74) is 0.514. The molecule has 0 heterocycles. The molecule has 1 atom stereocenters. The van der Waals surface area contributed by atoms with E-state index in [1.807, 2.05) is 0 Å². The summed E-state index contributed by atoms with van der Waals surface area (Å²) in [4.78, 5) is 15.2. The zero-order chi connectivity index (χ0) is 14.6. The predicted octanol–water partition coefficient (Wildman–Crippen LogP) is 1.74. The molecule has 1 amide bonds. The average molecular weight is 268 g/mol. The Morgan fingerprint density at radius 1 is 1.37 bits per heavy atom. The van der Waals surface area contributed by atoms with Crippen molar-refractivity contribution >= 4 is 5.91 Å². The van der Waals surface area contributed by atoms with Crippen LogP contribution >= 0.6 is 0 Å². The number of amides is 1. The third kappa shape index (κ3) is 3.67. The quantitative estimate of drug-likeness (QED) is 0.815. The van der Waals surface area contributed by atoms with E-state index in [9.17, 15) is 9.18 Å². The second-order valence-corrected chi connectivity index (χ2v) is 4.76. The second kappa shape index (κ2) is 6.52. The molecule has 0 N–H and O–H groups in total. The Morgan fingerprint density at radius 3 is 2.53 bits per heavy atom. The van der Waals surface area contributed by atoms with Gasteiger partial charge in [-0.3, -0.25) is 9.69 Å². The molecule has 1 rings (SSSR count). The van der Waals surface area contributed by atoms with Gasteiger partial charge < -0.3 is 9.64 Å². The molecule has 1 aromatic rings. The summed E-state index contributed by atoms with van der Waals surface area (Å²) in [5.74, 6) is -0.162. The summed E-state index contributed by atoms with van der Waals surface area (Å²) >= 11 is 0. The van der Waals surface area contributed by atoms with E-state index in [4.69, 9.17) is 4.74 Å². The predicted molar refractivity (Wildman–Crippen MR) is 72.6 cm³/mol. The number of methoxy groups -OCH3 is 1. The van der Waals surface area contributed by atoms with Crippen LogP contribution in [0.2, 0.25) is 0 Å². The third-order valence-corrected chi connectivity index (χ3v) is 3.14. The van der Waals surface area contributed by atoms with Crippen molar-refractivity contribution < 1.29 is 13.9 Å². The minimum absolute atomic E-state index is 0.00851. The summed E-state index contributed by atoms with van der Waals surface area (Å²) in [6, 6.07) is 4.71. The van der Waals surface area contributed by atoms with E-state index >= 15 is 0 Å². The fourth-order valence-corrected chi connectivity index (χ4v) is 1.80. The maximum absolute atomic E-state index is 14.0. The SMILES string of the molecule is COc1cccc(CN(C)[C@H](C)C(=O)N(C)C)c1F. The summed E-state index contributed by atoms with van der Waals surface area (Å²) < 4.78 is 19.0. The normalized spacial score (nSPS) is 12.4. The van der Waals surface area contributed by atoms with E-state index in [1.165, 1.54) is 12.0 Å². The van der Waals surface area contributed by atoms with Gasteiger partial charge in [-0.2, -0.15) is 0 Å². The summed E-state index contributed by atoms with van der Waals surface area (Å²) in [6.45, 7) is 2.16. The minimum atomic E-state index is -0.374. The maximum atomic E-state index is 14.0. The zero-order valence-electron chi connectivity index (χ0n) is 12.1. The van der Waals surface area contributed by atoms with Crippen LogP contribution in [0.3, 0.4) is 0 Å². The van der Waals surface area contributed by atoms with Gasteiger partial charge in [0.1, 0.15) is 0 Å². The smallest absolute Gasteiger partial charge is 0.239 e. The first-order valence-electron chi connectivity index (χ1n) is 6.11. The third-order valence-electron chi connectivity index (χ3n) is 3.14. The highest BCUT2D eigenvalue weighted by Gasteiger charge is 2.21. The largest absolute Gasteiger partial charge is 0.494 e. The van der Waals surface area contributed by atoms with E-state index in [0.29, 0.717) is 12.1 Å². The van der Waals surface area contributed by atoms with E-state index < -0.39 is 0 Å². The number of hydrogen-bond donors (Lipinski definition) is 0. The van der Waals surface area contributed by atoms with Crippen LogP contribution in [0, 0.1) is 5.82 Å². The van der Waals surface area contributed by atoms with Crippen molar-refractivity contribution in [1.82, 2.24) is 9.80 Å². The van der Waals surface area contributed by atoms with Gasteiger partial charge in [0.25, 0.3) is 0 Å². The summed E-state index contributed by atoms with van der Waals surface area (Å²) in [6.07, 6.45) is 0. The molecule has 0 saturated carbocycles. The van der Waals surface area contributed by atoms with E-state index in [0.717, 1.165) is 0 Å². The lowest BCUT2D eigenvalue weighted by Gasteiger charge is -2.26. The van der Waals surface area contributed by atoms with Gasteiger partial charge in [-0.15, -0.1) is 0 Å². The number of hydrogen-bond acceptors (Lipinski definition) is 3. The molecule has 106 valence electrons. The number of carbonyl (C=O) groups is 1. The molecule has 0 spiro atoms. The van der Waals surface area contributed by atoms with Crippen LogP contribution in [-0.2, 0) is 11.3 Å². The van der Waals surface area contributed by atoms with Crippen LogP contribution in [0.1, 0.15) is 12.5 Å². The van der Waals surface area contributed by atoms with Crippen molar-refractivity contribution in [2.75, 3.05) is 28.3 Å². The van der Waals surface area contributed by atoms with Gasteiger partial charge in [-0.25, -0.2) is 4.39 Å². The average Bonchev–Trinajstić information content (AvgIpc) is 2.39. The van der Waals surface area contributed by atoms with Gasteiger partial charge in [-0.05, 0) is 20.0 Å². The number of likely N-dealkylation sites (N-methyl/N-ethyl adjacent to an activating group) is 2. The number of carbonyl (C=O) groups excluding carboxylic acids is 1. The molecular formula is C14H21FN2O2. The first-order valence-corrected chi connectivity index (χ1v) is 6.11. The number of halogens is 1. The van der Waals surface area contributed by atoms with Gasteiger partial charge in [0, 0.05) is 26.2 Å². The van der Waals surface area contributed by atoms with Crippen LogP contribution in [0.15, 0.2) is 18.2 Å². The topological polar surface area (TPSA) is 32.8 Å². The summed E-state index contributed by atoms with van der Waals surface area (Å²) in [5, 5.41) is 0. The molecule has 0 aliphatic rings. The number of benzene rings is 1. The molecule has 5 heteroatoms. The van der Waals surface area contributed by atoms with E-state index in [2.05, 4.69) is 0 Å². The highest BCUT2D eigenvalue weighted by molar-refractivity contribution is 5.80. The number of nitrogens with zero attached hydrogens (tertiary/aromatic N) is 2. The van der Waals surface area contributed by atoms with Crippen LogP contribution in [0.5, 0.6) is 5.75 Å². The van der Waals surface area contributed by atoms with Crippen molar-refractivity contribution in [2.45, 2.75) is 19.5 Å². The van der Waals surface area contributed by atoms with Gasteiger partial charge in [0.05, 0.1) is 13.2 Å². The van der Waals surface area contributed by atoms with Crippen molar-refractivity contribution in [2.24, 2.45) is 0 Å². The first-order chi connectivity index (χ1) is 8.88. The molecule has 0 radical (unpaired) electrons. The Bertz CT molecular complexity index is 449. The van der Waals surface area contributed by atoms with Gasteiger partial charge in [0.2, 0.25) is 5.91 Å². The van der Waals surface area contributed by atoms with Crippen LogP contribution in [0.4, 0.5) is 4.39 Å². The molecule has 0 aliphatic heterocycles. The fraction of sp³-hybridized carbons (Fsp3) is 0.500.